The quantitative estimate of drug-likeness (QED) is 0.876. The molecular formula is C16H20FNO3. The van der Waals surface area contributed by atoms with Crippen LogP contribution in [0.5, 0.6) is 0 Å². The molecule has 1 aliphatic carbocycles. The van der Waals surface area contributed by atoms with Crippen molar-refractivity contribution in [2.24, 2.45) is 5.41 Å². The summed E-state index contributed by atoms with van der Waals surface area (Å²) in [5, 5.41) is 9.24. The van der Waals surface area contributed by atoms with Crippen molar-refractivity contribution in [1.82, 2.24) is 4.90 Å². The fourth-order valence-corrected chi connectivity index (χ4v) is 2.57. The second-order valence-corrected chi connectivity index (χ2v) is 5.81. The van der Waals surface area contributed by atoms with Crippen molar-refractivity contribution in [2.45, 2.75) is 32.1 Å². The molecule has 114 valence electrons. The molecule has 0 unspecified atom stereocenters. The molecule has 0 bridgehead atoms. The van der Waals surface area contributed by atoms with Gasteiger partial charge in [0.1, 0.15) is 5.82 Å². The second-order valence-electron chi connectivity index (χ2n) is 5.81. The van der Waals surface area contributed by atoms with Crippen LogP contribution in [-0.4, -0.2) is 35.5 Å². The fraction of sp³-hybridized carbons (Fsp3) is 0.500. The molecule has 1 saturated carbocycles. The van der Waals surface area contributed by atoms with Gasteiger partial charge in [-0.1, -0.05) is 18.6 Å². The van der Waals surface area contributed by atoms with Crippen LogP contribution in [0.1, 0.15) is 31.2 Å². The minimum Gasteiger partial charge on any atom is -0.481 e. The molecule has 1 aromatic rings. The number of rotatable bonds is 6. The number of amides is 1. The standard InChI is InChI=1S/C16H20FNO3/c1-18(10-7-12-3-5-13(17)6-4-12)14(19)11-16(15(20)21)8-2-9-16/h3-6H,2,7-11H2,1H3,(H,20,21). The van der Waals surface area contributed by atoms with Gasteiger partial charge in [-0.05, 0) is 37.0 Å². The van der Waals surface area contributed by atoms with Crippen LogP contribution in [-0.2, 0) is 16.0 Å². The lowest BCUT2D eigenvalue weighted by atomic mass is 9.66. The Morgan fingerprint density at radius 2 is 1.90 bits per heavy atom. The molecule has 1 aromatic carbocycles. The van der Waals surface area contributed by atoms with E-state index in [4.69, 9.17) is 0 Å². The summed E-state index contributed by atoms with van der Waals surface area (Å²) in [7, 11) is 1.68. The molecule has 2 rings (SSSR count). The number of carboxylic acid groups (broad SMARTS) is 1. The predicted molar refractivity (Wildman–Crippen MR) is 76.3 cm³/mol. The van der Waals surface area contributed by atoms with Crippen LogP contribution in [0.25, 0.3) is 0 Å². The highest BCUT2D eigenvalue weighted by Crippen LogP contribution is 2.44. The van der Waals surface area contributed by atoms with Crippen LogP contribution in [0.2, 0.25) is 0 Å². The van der Waals surface area contributed by atoms with E-state index in [1.54, 1.807) is 24.1 Å². The van der Waals surface area contributed by atoms with Crippen molar-refractivity contribution in [3.8, 4) is 0 Å². The average molecular weight is 293 g/mol. The number of nitrogens with zero attached hydrogens (tertiary/aromatic N) is 1. The summed E-state index contributed by atoms with van der Waals surface area (Å²) >= 11 is 0. The Balaban J connectivity index is 1.85. The number of carboxylic acids is 1. The first kappa shape index (κ1) is 15.5. The van der Waals surface area contributed by atoms with Gasteiger partial charge >= 0.3 is 5.97 Å². The summed E-state index contributed by atoms with van der Waals surface area (Å²) in [6.07, 6.45) is 2.74. The molecule has 5 heteroatoms. The topological polar surface area (TPSA) is 57.6 Å². The average Bonchev–Trinajstić information content (AvgIpc) is 2.41. The summed E-state index contributed by atoms with van der Waals surface area (Å²) in [5.41, 5.74) is 0.106. The number of hydrogen-bond acceptors (Lipinski definition) is 2. The molecule has 4 nitrogen and oxygen atoms in total. The molecule has 0 aliphatic heterocycles. The molecule has 0 heterocycles. The smallest absolute Gasteiger partial charge is 0.310 e. The molecule has 0 spiro atoms. The Bertz CT molecular complexity index is 523. The molecule has 1 fully saturated rings. The second kappa shape index (κ2) is 6.24. The number of carbonyl (C=O) groups excluding carboxylic acids is 1. The first-order valence-corrected chi connectivity index (χ1v) is 7.15. The largest absolute Gasteiger partial charge is 0.481 e. The van der Waals surface area contributed by atoms with Crippen molar-refractivity contribution in [3.05, 3.63) is 35.6 Å². The number of aliphatic carboxylic acids is 1. The van der Waals surface area contributed by atoms with Crippen molar-refractivity contribution < 1.29 is 19.1 Å². The van der Waals surface area contributed by atoms with E-state index in [0.717, 1.165) is 12.0 Å². The van der Waals surface area contributed by atoms with Crippen molar-refractivity contribution in [3.63, 3.8) is 0 Å². The van der Waals surface area contributed by atoms with Gasteiger partial charge in [-0.15, -0.1) is 0 Å². The molecule has 0 aromatic heterocycles. The summed E-state index contributed by atoms with van der Waals surface area (Å²) in [6.45, 7) is 0.500. The molecule has 0 atom stereocenters. The molecular weight excluding hydrogens is 273 g/mol. The van der Waals surface area contributed by atoms with Gasteiger partial charge in [-0.2, -0.15) is 0 Å². The van der Waals surface area contributed by atoms with Gasteiger partial charge < -0.3 is 10.0 Å². The van der Waals surface area contributed by atoms with Crippen LogP contribution in [0.4, 0.5) is 4.39 Å². The zero-order chi connectivity index (χ0) is 15.5. The number of halogens is 1. The third-order valence-electron chi connectivity index (χ3n) is 4.33. The maximum Gasteiger partial charge on any atom is 0.310 e. The number of hydrogen-bond donors (Lipinski definition) is 1. The molecule has 1 aliphatic rings. The van der Waals surface area contributed by atoms with Crippen LogP contribution >= 0.6 is 0 Å². The van der Waals surface area contributed by atoms with E-state index >= 15 is 0 Å². The highest BCUT2D eigenvalue weighted by atomic mass is 19.1. The molecule has 21 heavy (non-hydrogen) atoms. The first-order chi connectivity index (χ1) is 9.93. The maximum atomic E-state index is 12.8. The van der Waals surface area contributed by atoms with Crippen LogP contribution in [0.15, 0.2) is 24.3 Å². The SMILES string of the molecule is CN(CCc1ccc(F)cc1)C(=O)CC1(C(=O)O)CCC1. The van der Waals surface area contributed by atoms with Crippen LogP contribution < -0.4 is 0 Å². The molecule has 1 N–H and O–H groups in total. The third kappa shape index (κ3) is 3.60. The summed E-state index contributed by atoms with van der Waals surface area (Å²) in [6, 6.07) is 6.17. The van der Waals surface area contributed by atoms with Gasteiger partial charge in [0.25, 0.3) is 0 Å². The minimum absolute atomic E-state index is 0.0717. The van der Waals surface area contributed by atoms with E-state index in [0.29, 0.717) is 25.8 Å². The lowest BCUT2D eigenvalue weighted by molar-refractivity contribution is -0.159. The lowest BCUT2D eigenvalue weighted by Crippen LogP contribution is -2.43. The zero-order valence-corrected chi connectivity index (χ0v) is 12.1. The van der Waals surface area contributed by atoms with Gasteiger partial charge in [-0.25, -0.2) is 4.39 Å². The summed E-state index contributed by atoms with van der Waals surface area (Å²) in [4.78, 5) is 25.0. The van der Waals surface area contributed by atoms with E-state index in [9.17, 15) is 19.1 Å². The van der Waals surface area contributed by atoms with Gasteiger partial charge in [0.2, 0.25) is 5.91 Å². The number of benzene rings is 1. The normalized spacial score (nSPS) is 16.1. The van der Waals surface area contributed by atoms with Crippen molar-refractivity contribution >= 4 is 11.9 Å². The molecule has 0 saturated heterocycles. The Kier molecular flexibility index (Phi) is 4.60. The van der Waals surface area contributed by atoms with E-state index in [2.05, 4.69) is 0 Å². The summed E-state index contributed by atoms with van der Waals surface area (Å²) in [5.74, 6) is -1.29. The Hall–Kier alpha value is -1.91. The molecule has 0 radical (unpaired) electrons. The van der Waals surface area contributed by atoms with E-state index in [1.165, 1.54) is 12.1 Å². The van der Waals surface area contributed by atoms with Crippen molar-refractivity contribution in [2.75, 3.05) is 13.6 Å². The number of likely N-dealkylation sites (N-methyl/N-ethyl adjacent to an activating group) is 1. The summed E-state index contributed by atoms with van der Waals surface area (Å²) < 4.78 is 12.8. The zero-order valence-electron chi connectivity index (χ0n) is 12.1. The van der Waals surface area contributed by atoms with Gasteiger partial charge in [0, 0.05) is 20.0 Å². The van der Waals surface area contributed by atoms with E-state index in [-0.39, 0.29) is 18.1 Å². The maximum absolute atomic E-state index is 12.8. The van der Waals surface area contributed by atoms with E-state index in [1.807, 2.05) is 0 Å². The highest BCUT2D eigenvalue weighted by molar-refractivity contribution is 5.85. The van der Waals surface area contributed by atoms with Gasteiger partial charge in [0.15, 0.2) is 0 Å². The Morgan fingerprint density at radius 3 is 2.38 bits per heavy atom. The first-order valence-electron chi connectivity index (χ1n) is 7.15. The van der Waals surface area contributed by atoms with Gasteiger partial charge in [0.05, 0.1) is 5.41 Å². The Labute approximate surface area is 123 Å². The Morgan fingerprint density at radius 1 is 1.29 bits per heavy atom. The minimum atomic E-state index is -0.867. The van der Waals surface area contributed by atoms with Gasteiger partial charge in [-0.3, -0.25) is 9.59 Å². The fourth-order valence-electron chi connectivity index (χ4n) is 2.57. The molecule has 1 amide bonds. The van der Waals surface area contributed by atoms with Crippen molar-refractivity contribution in [1.29, 1.82) is 0 Å². The monoisotopic (exact) mass is 293 g/mol. The van der Waals surface area contributed by atoms with E-state index < -0.39 is 11.4 Å². The number of carbonyl (C=O) groups is 2. The highest BCUT2D eigenvalue weighted by Gasteiger charge is 2.46. The third-order valence-corrected chi connectivity index (χ3v) is 4.33. The van der Waals surface area contributed by atoms with Crippen LogP contribution in [0.3, 0.4) is 0 Å². The lowest BCUT2D eigenvalue weighted by Gasteiger charge is -2.38. The predicted octanol–water partition coefficient (Wildman–Crippen LogP) is 2.47. The van der Waals surface area contributed by atoms with Crippen LogP contribution in [0, 0.1) is 11.2 Å².